The number of hydrogen-bond acceptors (Lipinski definition) is 5. The van der Waals surface area contributed by atoms with Gasteiger partial charge in [0.25, 0.3) is 0 Å². The van der Waals surface area contributed by atoms with Gasteiger partial charge in [0.05, 0.1) is 0 Å². The van der Waals surface area contributed by atoms with Crippen molar-refractivity contribution < 1.29 is 9.26 Å². The lowest BCUT2D eigenvalue weighted by Gasteiger charge is -2.40. The molecule has 1 aliphatic rings. The SMILES string of the molecule is CNC(C)Cc1nc(C2(OC)CCC(C)(C)CC2)no1. The molecule has 114 valence electrons. The van der Waals surface area contributed by atoms with Crippen molar-refractivity contribution in [1.29, 1.82) is 0 Å². The lowest BCUT2D eigenvalue weighted by molar-refractivity contribution is -0.0740. The molecule has 1 aliphatic carbocycles. The molecule has 1 aromatic heterocycles. The zero-order chi connectivity index (χ0) is 14.8. The van der Waals surface area contributed by atoms with Crippen molar-refractivity contribution in [3.05, 3.63) is 11.7 Å². The first-order valence-corrected chi connectivity index (χ1v) is 7.46. The molecule has 5 nitrogen and oxygen atoms in total. The zero-order valence-electron chi connectivity index (χ0n) is 13.3. The van der Waals surface area contributed by atoms with Gasteiger partial charge in [-0.1, -0.05) is 19.0 Å². The summed E-state index contributed by atoms with van der Waals surface area (Å²) in [5.41, 5.74) is 0.0232. The fraction of sp³-hybridized carbons (Fsp3) is 0.867. The smallest absolute Gasteiger partial charge is 0.228 e. The molecule has 0 aliphatic heterocycles. The van der Waals surface area contributed by atoms with Crippen LogP contribution in [-0.4, -0.2) is 30.3 Å². The highest BCUT2D eigenvalue weighted by Gasteiger charge is 2.43. The maximum atomic E-state index is 5.80. The van der Waals surface area contributed by atoms with Gasteiger partial charge in [0.1, 0.15) is 5.60 Å². The Morgan fingerprint density at radius 2 is 1.95 bits per heavy atom. The van der Waals surface area contributed by atoms with Crippen molar-refractivity contribution in [2.75, 3.05) is 14.2 Å². The van der Waals surface area contributed by atoms with E-state index in [1.807, 2.05) is 7.05 Å². The molecule has 20 heavy (non-hydrogen) atoms. The van der Waals surface area contributed by atoms with Crippen molar-refractivity contribution in [1.82, 2.24) is 15.5 Å². The first kappa shape index (κ1) is 15.4. The number of nitrogens with one attached hydrogen (secondary N) is 1. The van der Waals surface area contributed by atoms with Gasteiger partial charge in [-0.25, -0.2) is 0 Å². The second kappa shape index (κ2) is 5.82. The van der Waals surface area contributed by atoms with Crippen molar-refractivity contribution in [3.8, 4) is 0 Å². The maximum absolute atomic E-state index is 5.80. The molecule has 1 fully saturated rings. The van der Waals surface area contributed by atoms with Crippen LogP contribution in [0.3, 0.4) is 0 Å². The molecular weight excluding hydrogens is 254 g/mol. The molecule has 0 spiro atoms. The first-order chi connectivity index (χ1) is 9.41. The standard InChI is InChI=1S/C15H27N3O2/c1-11(16-4)10-12-17-13(18-20-12)15(19-5)8-6-14(2,3)7-9-15/h11,16H,6-10H2,1-5H3. The zero-order valence-corrected chi connectivity index (χ0v) is 13.3. The van der Waals surface area contributed by atoms with Gasteiger partial charge in [0, 0.05) is 19.6 Å². The van der Waals surface area contributed by atoms with Crippen molar-refractivity contribution in [2.45, 2.75) is 64.5 Å². The minimum atomic E-state index is -0.361. The molecule has 2 rings (SSSR count). The van der Waals surface area contributed by atoms with E-state index in [0.29, 0.717) is 23.2 Å². The number of aromatic nitrogens is 2. The second-order valence-corrected chi connectivity index (χ2v) is 6.77. The van der Waals surface area contributed by atoms with Gasteiger partial charge in [0.2, 0.25) is 11.7 Å². The van der Waals surface area contributed by atoms with Crippen LogP contribution in [0.15, 0.2) is 4.52 Å². The van der Waals surface area contributed by atoms with Crippen molar-refractivity contribution >= 4 is 0 Å². The lowest BCUT2D eigenvalue weighted by Crippen LogP contribution is -2.37. The Kier molecular flexibility index (Phi) is 4.49. The van der Waals surface area contributed by atoms with E-state index >= 15 is 0 Å². The van der Waals surface area contributed by atoms with Crippen molar-refractivity contribution in [3.63, 3.8) is 0 Å². The summed E-state index contributed by atoms with van der Waals surface area (Å²) in [7, 11) is 3.69. The molecule has 1 aromatic rings. The third kappa shape index (κ3) is 3.20. The maximum Gasteiger partial charge on any atom is 0.228 e. The molecule has 1 heterocycles. The third-order valence-electron chi connectivity index (χ3n) is 4.65. The normalized spacial score (nSPS) is 22.6. The van der Waals surface area contributed by atoms with Gasteiger partial charge < -0.3 is 14.6 Å². The highest BCUT2D eigenvalue weighted by molar-refractivity contribution is 5.05. The molecule has 0 bridgehead atoms. The van der Waals surface area contributed by atoms with E-state index in [1.165, 1.54) is 0 Å². The van der Waals surface area contributed by atoms with E-state index in [4.69, 9.17) is 9.26 Å². The first-order valence-electron chi connectivity index (χ1n) is 7.46. The molecule has 1 saturated carbocycles. The highest BCUT2D eigenvalue weighted by atomic mass is 16.5. The molecule has 0 saturated heterocycles. The summed E-state index contributed by atoms with van der Waals surface area (Å²) in [6.45, 7) is 6.71. The largest absolute Gasteiger partial charge is 0.370 e. The summed E-state index contributed by atoms with van der Waals surface area (Å²) in [6.07, 6.45) is 4.90. The number of rotatable bonds is 5. The monoisotopic (exact) mass is 281 g/mol. The summed E-state index contributed by atoms with van der Waals surface area (Å²) < 4.78 is 11.2. The molecule has 1 atom stereocenters. The summed E-state index contributed by atoms with van der Waals surface area (Å²) in [4.78, 5) is 4.57. The minimum absolute atomic E-state index is 0.326. The molecule has 0 radical (unpaired) electrons. The molecule has 0 amide bonds. The van der Waals surface area contributed by atoms with E-state index in [2.05, 4.69) is 36.2 Å². The summed E-state index contributed by atoms with van der Waals surface area (Å²) >= 11 is 0. The van der Waals surface area contributed by atoms with Crippen LogP contribution in [0.4, 0.5) is 0 Å². The van der Waals surface area contributed by atoms with E-state index in [0.717, 1.165) is 32.1 Å². The second-order valence-electron chi connectivity index (χ2n) is 6.77. The van der Waals surface area contributed by atoms with Crippen LogP contribution in [0.25, 0.3) is 0 Å². The lowest BCUT2D eigenvalue weighted by atomic mass is 9.70. The number of methoxy groups -OCH3 is 1. The van der Waals surface area contributed by atoms with Crippen LogP contribution >= 0.6 is 0 Å². The van der Waals surface area contributed by atoms with Crippen molar-refractivity contribution in [2.24, 2.45) is 5.41 Å². The molecule has 5 heteroatoms. The minimum Gasteiger partial charge on any atom is -0.370 e. The Labute approximate surface area is 121 Å². The molecule has 0 aromatic carbocycles. The number of nitrogens with zero attached hydrogens (tertiary/aromatic N) is 2. The van der Waals surface area contributed by atoms with Gasteiger partial charge in [-0.05, 0) is 45.1 Å². The number of hydrogen-bond donors (Lipinski definition) is 1. The number of ether oxygens (including phenoxy) is 1. The van der Waals surface area contributed by atoms with Gasteiger partial charge in [-0.2, -0.15) is 4.98 Å². The average molecular weight is 281 g/mol. The summed E-state index contributed by atoms with van der Waals surface area (Å²) in [6, 6.07) is 0.326. The van der Waals surface area contributed by atoms with Crippen LogP contribution < -0.4 is 5.32 Å². The van der Waals surface area contributed by atoms with E-state index in [9.17, 15) is 0 Å². The fourth-order valence-electron chi connectivity index (χ4n) is 2.74. The van der Waals surface area contributed by atoms with E-state index in [-0.39, 0.29) is 5.60 Å². The van der Waals surface area contributed by atoms with Crippen LogP contribution in [-0.2, 0) is 16.8 Å². The molecular formula is C15H27N3O2. The van der Waals surface area contributed by atoms with Crippen LogP contribution in [0.2, 0.25) is 0 Å². The Balaban J connectivity index is 2.12. The third-order valence-corrected chi connectivity index (χ3v) is 4.65. The quantitative estimate of drug-likeness (QED) is 0.899. The summed E-state index contributed by atoms with van der Waals surface area (Å²) in [5.74, 6) is 1.40. The Bertz CT molecular complexity index is 432. The van der Waals surface area contributed by atoms with E-state index in [1.54, 1.807) is 7.11 Å². The van der Waals surface area contributed by atoms with Gasteiger partial charge in [-0.15, -0.1) is 0 Å². The Morgan fingerprint density at radius 3 is 2.50 bits per heavy atom. The Morgan fingerprint density at radius 1 is 1.30 bits per heavy atom. The van der Waals surface area contributed by atoms with E-state index < -0.39 is 0 Å². The predicted octanol–water partition coefficient (Wildman–Crippen LogP) is 2.66. The molecule has 1 N–H and O–H groups in total. The van der Waals surface area contributed by atoms with Gasteiger partial charge >= 0.3 is 0 Å². The highest BCUT2D eigenvalue weighted by Crippen LogP contribution is 2.46. The Hall–Kier alpha value is -0.940. The summed E-state index contributed by atoms with van der Waals surface area (Å²) in [5, 5.41) is 7.36. The fourth-order valence-corrected chi connectivity index (χ4v) is 2.74. The number of likely N-dealkylation sites (N-methyl/N-ethyl adjacent to an activating group) is 1. The van der Waals surface area contributed by atoms with Crippen LogP contribution in [0.1, 0.15) is 58.2 Å². The van der Waals surface area contributed by atoms with Crippen LogP contribution in [0, 0.1) is 5.41 Å². The predicted molar refractivity (Wildman–Crippen MR) is 77.5 cm³/mol. The topological polar surface area (TPSA) is 60.2 Å². The van der Waals surface area contributed by atoms with Gasteiger partial charge in [-0.3, -0.25) is 0 Å². The van der Waals surface area contributed by atoms with Gasteiger partial charge in [0.15, 0.2) is 0 Å². The van der Waals surface area contributed by atoms with Crippen LogP contribution in [0.5, 0.6) is 0 Å². The molecule has 1 unspecified atom stereocenters. The average Bonchev–Trinajstić information content (AvgIpc) is 2.88.